The summed E-state index contributed by atoms with van der Waals surface area (Å²) >= 11 is 0. The van der Waals surface area contributed by atoms with Gasteiger partial charge in [0.05, 0.1) is 0 Å². The molecular weight excluding hydrogens is 286 g/mol. The lowest BCUT2D eigenvalue weighted by atomic mass is 10.1. The van der Waals surface area contributed by atoms with E-state index in [2.05, 4.69) is 53.9 Å². The van der Waals surface area contributed by atoms with Crippen LogP contribution in [0.1, 0.15) is 23.6 Å². The third-order valence-electron chi connectivity index (χ3n) is 3.30. The monoisotopic (exact) mass is 307 g/mol. The highest BCUT2D eigenvalue weighted by atomic mass is 16.5. The third kappa shape index (κ3) is 5.83. The molecule has 0 aromatic heterocycles. The molecule has 0 fully saturated rings. The van der Waals surface area contributed by atoms with Crippen molar-refractivity contribution in [2.24, 2.45) is 0 Å². The van der Waals surface area contributed by atoms with Crippen LogP contribution >= 0.6 is 0 Å². The van der Waals surface area contributed by atoms with Crippen LogP contribution in [0.25, 0.3) is 18.2 Å². The molecule has 0 radical (unpaired) electrons. The first-order valence-corrected chi connectivity index (χ1v) is 7.53. The highest BCUT2D eigenvalue weighted by Crippen LogP contribution is 2.13. The van der Waals surface area contributed by atoms with E-state index in [1.54, 1.807) is 0 Å². The number of carbonyl (C=O) groups excluding carboxylic acids is 1. The Labute approximate surface area is 137 Å². The predicted molar refractivity (Wildman–Crippen MR) is 97.0 cm³/mol. The molecule has 0 atom stereocenters. The van der Waals surface area contributed by atoms with Gasteiger partial charge in [-0.05, 0) is 34.9 Å². The first-order chi connectivity index (χ1) is 11.2. The molecule has 118 valence electrons. The van der Waals surface area contributed by atoms with E-state index in [0.29, 0.717) is 6.61 Å². The lowest BCUT2D eigenvalue weighted by molar-refractivity contribution is -0.139. The van der Waals surface area contributed by atoms with Gasteiger partial charge in [-0.25, -0.2) is 0 Å². The maximum Gasteiger partial charge on any atom is 0.302 e. The maximum absolute atomic E-state index is 10.7. The summed E-state index contributed by atoms with van der Waals surface area (Å²) in [5.41, 5.74) is 4.48. The van der Waals surface area contributed by atoms with Crippen LogP contribution in [0, 0.1) is 0 Å². The number of rotatable bonds is 6. The Hall–Kier alpha value is -2.81. The van der Waals surface area contributed by atoms with Crippen molar-refractivity contribution in [3.63, 3.8) is 0 Å². The second kappa shape index (κ2) is 8.59. The van der Waals surface area contributed by atoms with Gasteiger partial charge in [-0.3, -0.25) is 4.79 Å². The number of nitrogens with one attached hydrogen (secondary N) is 1. The molecule has 0 bridgehead atoms. The van der Waals surface area contributed by atoms with E-state index in [-0.39, 0.29) is 5.97 Å². The van der Waals surface area contributed by atoms with Crippen LogP contribution in [-0.2, 0) is 9.53 Å². The van der Waals surface area contributed by atoms with Crippen LogP contribution in [0.2, 0.25) is 0 Å². The zero-order chi connectivity index (χ0) is 16.5. The quantitative estimate of drug-likeness (QED) is 0.632. The highest BCUT2D eigenvalue weighted by molar-refractivity contribution is 5.71. The molecule has 3 heteroatoms. The van der Waals surface area contributed by atoms with Crippen molar-refractivity contribution in [3.8, 4) is 0 Å². The van der Waals surface area contributed by atoms with Gasteiger partial charge in [-0.2, -0.15) is 0 Å². The fraction of sp³-hybridized carbons (Fsp3) is 0.150. The van der Waals surface area contributed by atoms with Crippen molar-refractivity contribution >= 4 is 29.9 Å². The molecule has 2 aromatic rings. The van der Waals surface area contributed by atoms with Crippen LogP contribution in [0.3, 0.4) is 0 Å². The smallest absolute Gasteiger partial charge is 0.302 e. The van der Waals surface area contributed by atoms with E-state index in [1.807, 2.05) is 31.3 Å². The Bertz CT molecular complexity index is 683. The summed E-state index contributed by atoms with van der Waals surface area (Å²) in [6.45, 7) is 1.71. The van der Waals surface area contributed by atoms with E-state index < -0.39 is 0 Å². The normalized spacial score (nSPS) is 11.0. The van der Waals surface area contributed by atoms with Gasteiger partial charge in [0.25, 0.3) is 0 Å². The standard InChI is InChI=1S/C20H21NO2/c1-16(22)23-15-3-4-17-5-7-18(8-6-17)9-10-19-11-13-20(21-2)14-12-19/h3-14,21H,15H2,1-2H3/b4-3+,10-9+. The fourth-order valence-electron chi connectivity index (χ4n) is 2.02. The van der Waals surface area contributed by atoms with Crippen molar-refractivity contribution in [2.75, 3.05) is 19.0 Å². The van der Waals surface area contributed by atoms with E-state index >= 15 is 0 Å². The molecule has 0 saturated heterocycles. The molecular formula is C20H21NO2. The molecule has 1 N–H and O–H groups in total. The number of hydrogen-bond acceptors (Lipinski definition) is 3. The predicted octanol–water partition coefficient (Wildman–Crippen LogP) is 4.48. The number of esters is 1. The average molecular weight is 307 g/mol. The minimum absolute atomic E-state index is 0.266. The molecule has 3 nitrogen and oxygen atoms in total. The summed E-state index contributed by atoms with van der Waals surface area (Å²) in [4.78, 5) is 10.7. The Morgan fingerprint density at radius 3 is 1.87 bits per heavy atom. The number of carbonyl (C=O) groups is 1. The molecule has 0 amide bonds. The highest BCUT2D eigenvalue weighted by Gasteiger charge is 1.92. The molecule has 0 saturated carbocycles. The van der Waals surface area contributed by atoms with Gasteiger partial charge < -0.3 is 10.1 Å². The first-order valence-electron chi connectivity index (χ1n) is 7.53. The van der Waals surface area contributed by atoms with E-state index in [4.69, 9.17) is 4.74 Å². The SMILES string of the molecule is CNc1ccc(/C=C/c2ccc(/C=C/COC(C)=O)cc2)cc1. The molecule has 0 unspecified atom stereocenters. The van der Waals surface area contributed by atoms with Gasteiger partial charge in [0.2, 0.25) is 0 Å². The van der Waals surface area contributed by atoms with Gasteiger partial charge in [-0.1, -0.05) is 54.6 Å². The van der Waals surface area contributed by atoms with Crippen LogP contribution < -0.4 is 5.32 Å². The molecule has 2 rings (SSSR count). The van der Waals surface area contributed by atoms with Crippen LogP contribution in [0.5, 0.6) is 0 Å². The largest absolute Gasteiger partial charge is 0.462 e. The minimum atomic E-state index is -0.266. The second-order valence-corrected chi connectivity index (χ2v) is 5.08. The summed E-state index contributed by atoms with van der Waals surface area (Å²) in [5, 5.41) is 3.10. The molecule has 2 aromatic carbocycles. The van der Waals surface area contributed by atoms with Crippen LogP contribution in [0.15, 0.2) is 54.6 Å². The van der Waals surface area contributed by atoms with Gasteiger partial charge in [-0.15, -0.1) is 0 Å². The van der Waals surface area contributed by atoms with Crippen molar-refractivity contribution < 1.29 is 9.53 Å². The topological polar surface area (TPSA) is 38.3 Å². The molecule has 0 heterocycles. The van der Waals surface area contributed by atoms with Crippen molar-refractivity contribution in [2.45, 2.75) is 6.92 Å². The average Bonchev–Trinajstić information content (AvgIpc) is 2.58. The van der Waals surface area contributed by atoms with E-state index in [9.17, 15) is 4.79 Å². The van der Waals surface area contributed by atoms with E-state index in [1.165, 1.54) is 6.92 Å². The molecule has 0 aliphatic carbocycles. The summed E-state index contributed by atoms with van der Waals surface area (Å²) < 4.78 is 4.85. The first kappa shape index (κ1) is 16.6. The Morgan fingerprint density at radius 1 is 0.913 bits per heavy atom. The maximum atomic E-state index is 10.7. The third-order valence-corrected chi connectivity index (χ3v) is 3.30. The number of benzene rings is 2. The number of hydrogen-bond donors (Lipinski definition) is 1. The lowest BCUT2D eigenvalue weighted by Crippen LogP contribution is -1.97. The van der Waals surface area contributed by atoms with Crippen molar-refractivity contribution in [1.82, 2.24) is 0 Å². The van der Waals surface area contributed by atoms with Crippen molar-refractivity contribution in [3.05, 3.63) is 71.3 Å². The van der Waals surface area contributed by atoms with Crippen LogP contribution in [-0.4, -0.2) is 19.6 Å². The summed E-state index contributed by atoms with van der Waals surface area (Å²) in [6, 6.07) is 16.5. The molecule has 23 heavy (non-hydrogen) atoms. The Morgan fingerprint density at radius 2 is 1.39 bits per heavy atom. The Balaban J connectivity index is 1.93. The summed E-state index contributed by atoms with van der Waals surface area (Å²) in [7, 11) is 1.91. The number of ether oxygens (including phenoxy) is 1. The molecule has 0 spiro atoms. The summed E-state index contributed by atoms with van der Waals surface area (Å²) in [6.07, 6.45) is 7.94. The van der Waals surface area contributed by atoms with Crippen molar-refractivity contribution in [1.29, 1.82) is 0 Å². The Kier molecular flexibility index (Phi) is 6.18. The van der Waals surface area contributed by atoms with Crippen LogP contribution in [0.4, 0.5) is 5.69 Å². The minimum Gasteiger partial charge on any atom is -0.462 e. The number of anilines is 1. The van der Waals surface area contributed by atoms with Gasteiger partial charge in [0.1, 0.15) is 6.61 Å². The van der Waals surface area contributed by atoms with Gasteiger partial charge in [0.15, 0.2) is 0 Å². The molecule has 0 aliphatic rings. The summed E-state index contributed by atoms with van der Waals surface area (Å²) in [5.74, 6) is -0.266. The second-order valence-electron chi connectivity index (χ2n) is 5.08. The molecule has 0 aliphatic heterocycles. The lowest BCUT2D eigenvalue weighted by Gasteiger charge is -2.00. The van der Waals surface area contributed by atoms with Gasteiger partial charge >= 0.3 is 5.97 Å². The fourth-order valence-corrected chi connectivity index (χ4v) is 2.02. The zero-order valence-electron chi connectivity index (χ0n) is 13.5. The zero-order valence-corrected chi connectivity index (χ0v) is 13.5. The van der Waals surface area contributed by atoms with E-state index in [0.717, 1.165) is 22.4 Å². The van der Waals surface area contributed by atoms with Gasteiger partial charge in [0, 0.05) is 19.7 Å².